The summed E-state index contributed by atoms with van der Waals surface area (Å²) in [6.07, 6.45) is 0. The zero-order valence-electron chi connectivity index (χ0n) is 7.65. The summed E-state index contributed by atoms with van der Waals surface area (Å²) in [7, 11) is 1.60. The topological polar surface area (TPSA) is 49.4 Å². The molecule has 3 nitrogen and oxygen atoms in total. The summed E-state index contributed by atoms with van der Waals surface area (Å²) < 4.78 is 25.8. The van der Waals surface area contributed by atoms with Crippen LogP contribution in [0.1, 0.15) is 5.56 Å². The molecule has 0 aromatic heterocycles. The summed E-state index contributed by atoms with van der Waals surface area (Å²) in [6.45, 7) is 0.506. The summed E-state index contributed by atoms with van der Waals surface area (Å²) in [6, 6.07) is 6.57. The monoisotopic (exact) mass is 208 g/mol. The fourth-order valence-corrected chi connectivity index (χ4v) is 1.22. The Morgan fingerprint density at radius 1 is 1.38 bits per heavy atom. The van der Waals surface area contributed by atoms with Crippen LogP contribution in [0.15, 0.2) is 29.2 Å². The molecule has 13 heavy (non-hydrogen) atoms. The molecular weight excluding hydrogens is 199 g/mol. The maximum atomic E-state index is 10.4. The van der Waals surface area contributed by atoms with E-state index in [1.165, 1.54) is 0 Å². The van der Waals surface area contributed by atoms with Gasteiger partial charge in [-0.05, 0) is 28.8 Å². The van der Waals surface area contributed by atoms with E-state index in [-0.39, 0.29) is 29.6 Å². The van der Waals surface area contributed by atoms with Gasteiger partial charge in [0.05, 0.1) is 6.61 Å². The Morgan fingerprint density at radius 2 is 1.92 bits per heavy atom. The van der Waals surface area contributed by atoms with Crippen LogP contribution in [-0.2, 0) is 22.4 Å². The molecule has 1 aromatic carbocycles. The van der Waals surface area contributed by atoms with E-state index in [9.17, 15) is 8.76 Å². The molecule has 0 saturated carbocycles. The molecule has 0 saturated heterocycles. The average molecular weight is 208 g/mol. The Kier molecular flexibility index (Phi) is 6.85. The molecule has 66 valence electrons. The van der Waals surface area contributed by atoms with Crippen LogP contribution in [0.5, 0.6) is 0 Å². The zero-order chi connectivity index (χ0) is 8.97. The van der Waals surface area contributed by atoms with Crippen LogP contribution in [0.25, 0.3) is 0 Å². The summed E-state index contributed by atoms with van der Waals surface area (Å²) in [5.41, 5.74) is 0.965. The quantitative estimate of drug-likeness (QED) is 0.429. The minimum atomic E-state index is -2.13. The van der Waals surface area contributed by atoms with Crippen LogP contribution >= 0.6 is 0 Å². The van der Waals surface area contributed by atoms with Crippen molar-refractivity contribution in [3.63, 3.8) is 0 Å². The summed E-state index contributed by atoms with van der Waals surface area (Å²) in [5.74, 6) is 0. The Morgan fingerprint density at radius 3 is 2.31 bits per heavy atom. The second-order valence-corrected chi connectivity index (χ2v) is 3.25. The van der Waals surface area contributed by atoms with Crippen molar-refractivity contribution in [2.45, 2.75) is 11.5 Å². The smallest absolute Gasteiger partial charge is 0.768 e. The third-order valence-electron chi connectivity index (χ3n) is 1.43. The Balaban J connectivity index is 0.00000144. The number of hydrogen-bond donors (Lipinski definition) is 0. The van der Waals surface area contributed by atoms with Crippen molar-refractivity contribution < 1.29 is 43.1 Å². The first-order valence-electron chi connectivity index (χ1n) is 3.41. The molecule has 1 atom stereocenters. The number of ether oxygens (including phenoxy) is 1. The average Bonchev–Trinajstić information content (AvgIpc) is 2.06. The van der Waals surface area contributed by atoms with Crippen LogP contribution in [-0.4, -0.2) is 15.9 Å². The molecule has 0 aliphatic rings. The molecular formula is C8H9NaO3S. The van der Waals surface area contributed by atoms with Gasteiger partial charge in [-0.25, -0.2) is 0 Å². The van der Waals surface area contributed by atoms with Crippen molar-refractivity contribution in [1.82, 2.24) is 0 Å². The van der Waals surface area contributed by atoms with Crippen LogP contribution in [0.3, 0.4) is 0 Å². The van der Waals surface area contributed by atoms with Crippen LogP contribution in [0.4, 0.5) is 0 Å². The Labute approximate surface area is 102 Å². The van der Waals surface area contributed by atoms with Crippen molar-refractivity contribution in [1.29, 1.82) is 0 Å². The van der Waals surface area contributed by atoms with Gasteiger partial charge in [0.25, 0.3) is 0 Å². The van der Waals surface area contributed by atoms with E-state index in [1.807, 2.05) is 0 Å². The van der Waals surface area contributed by atoms with Gasteiger partial charge < -0.3 is 9.29 Å². The Bertz CT molecular complexity index is 273. The molecule has 0 aliphatic heterocycles. The fraction of sp³-hybridized carbons (Fsp3) is 0.250. The van der Waals surface area contributed by atoms with Gasteiger partial charge in [0.1, 0.15) is 0 Å². The van der Waals surface area contributed by atoms with Gasteiger partial charge in [-0.15, -0.1) is 0 Å². The van der Waals surface area contributed by atoms with E-state index in [4.69, 9.17) is 4.74 Å². The van der Waals surface area contributed by atoms with E-state index in [0.717, 1.165) is 5.56 Å². The molecule has 0 radical (unpaired) electrons. The standard InChI is InChI=1S/C8H10O3S.Na/c1-11-6-7-2-4-8(5-3-7)12(9)10;/h2-5H,6H2,1H3,(H,9,10);/q;+1/p-1. The predicted molar refractivity (Wildman–Crippen MR) is 44.3 cm³/mol. The Hall–Kier alpha value is 0.290. The molecule has 0 fully saturated rings. The molecule has 5 heteroatoms. The number of methoxy groups -OCH3 is 1. The number of rotatable bonds is 3. The molecule has 0 N–H and O–H groups in total. The minimum Gasteiger partial charge on any atom is -0.768 e. The third kappa shape index (κ3) is 4.35. The van der Waals surface area contributed by atoms with E-state index in [0.29, 0.717) is 11.5 Å². The van der Waals surface area contributed by atoms with Crippen molar-refractivity contribution in [3.8, 4) is 0 Å². The molecule has 0 heterocycles. The molecule has 1 rings (SSSR count). The molecule has 1 unspecified atom stereocenters. The molecule has 0 amide bonds. The fourth-order valence-electron chi connectivity index (χ4n) is 0.863. The zero-order valence-corrected chi connectivity index (χ0v) is 10.5. The second-order valence-electron chi connectivity index (χ2n) is 2.31. The number of hydrogen-bond acceptors (Lipinski definition) is 3. The number of benzene rings is 1. The van der Waals surface area contributed by atoms with E-state index < -0.39 is 11.1 Å². The molecule has 0 spiro atoms. The van der Waals surface area contributed by atoms with Crippen LogP contribution < -0.4 is 29.6 Å². The third-order valence-corrected chi connectivity index (χ3v) is 2.08. The minimum absolute atomic E-state index is 0. The SMILES string of the molecule is COCc1ccc(S(=O)[O-])cc1.[Na+]. The van der Waals surface area contributed by atoms with Gasteiger partial charge in [-0.3, -0.25) is 4.21 Å². The van der Waals surface area contributed by atoms with Gasteiger partial charge in [-0.2, -0.15) is 0 Å². The van der Waals surface area contributed by atoms with Gasteiger partial charge in [0.2, 0.25) is 0 Å². The van der Waals surface area contributed by atoms with Crippen LogP contribution in [0.2, 0.25) is 0 Å². The summed E-state index contributed by atoms with van der Waals surface area (Å²) >= 11 is -2.13. The first kappa shape index (κ1) is 13.3. The normalized spacial score (nSPS) is 11.8. The predicted octanol–water partition coefficient (Wildman–Crippen LogP) is -1.92. The molecule has 0 aliphatic carbocycles. The van der Waals surface area contributed by atoms with Crippen molar-refractivity contribution in [2.75, 3.05) is 7.11 Å². The first-order valence-corrected chi connectivity index (χ1v) is 4.48. The summed E-state index contributed by atoms with van der Waals surface area (Å²) in [5, 5.41) is 0. The van der Waals surface area contributed by atoms with Crippen molar-refractivity contribution in [3.05, 3.63) is 29.8 Å². The van der Waals surface area contributed by atoms with Gasteiger partial charge in [-0.1, -0.05) is 12.1 Å². The van der Waals surface area contributed by atoms with Crippen LogP contribution in [0, 0.1) is 0 Å². The maximum Gasteiger partial charge on any atom is 1.00 e. The van der Waals surface area contributed by atoms with Gasteiger partial charge in [0, 0.05) is 12.0 Å². The van der Waals surface area contributed by atoms with Crippen molar-refractivity contribution >= 4 is 11.1 Å². The van der Waals surface area contributed by atoms with Gasteiger partial charge in [0.15, 0.2) is 0 Å². The van der Waals surface area contributed by atoms with Crippen molar-refractivity contribution in [2.24, 2.45) is 0 Å². The molecule has 0 bridgehead atoms. The van der Waals surface area contributed by atoms with E-state index in [2.05, 4.69) is 0 Å². The van der Waals surface area contributed by atoms with Gasteiger partial charge >= 0.3 is 29.6 Å². The first-order chi connectivity index (χ1) is 5.74. The maximum absolute atomic E-state index is 10.4. The summed E-state index contributed by atoms with van der Waals surface area (Å²) in [4.78, 5) is 0.301. The van der Waals surface area contributed by atoms with E-state index >= 15 is 0 Å². The molecule has 1 aromatic rings. The largest absolute Gasteiger partial charge is 1.00 e. The van der Waals surface area contributed by atoms with E-state index in [1.54, 1.807) is 31.4 Å². The second kappa shape index (κ2) is 6.70.